The number of hydrogen-bond acceptors (Lipinski definition) is 3. The largest absolute Gasteiger partial charge is 0.382 e. The number of ether oxygens (including phenoxy) is 2. The van der Waals surface area contributed by atoms with Crippen molar-refractivity contribution in [3.8, 4) is 0 Å². The molecule has 0 unspecified atom stereocenters. The molecule has 0 aliphatic heterocycles. The van der Waals surface area contributed by atoms with E-state index in [1.54, 1.807) is 0 Å². The quantitative estimate of drug-likeness (QED) is 0.248. The Hall–Kier alpha value is -2.62. The van der Waals surface area contributed by atoms with E-state index in [1.807, 2.05) is 6.92 Å². The third-order valence-corrected chi connectivity index (χ3v) is 6.01. The smallest absolute Gasteiger partial charge is 0.0716 e. The van der Waals surface area contributed by atoms with Crippen LogP contribution in [0.25, 0.3) is 0 Å². The highest BCUT2D eigenvalue weighted by Crippen LogP contribution is 2.35. The maximum Gasteiger partial charge on any atom is 0.0716 e. The second-order valence-corrected chi connectivity index (χ2v) is 8.64. The van der Waals surface area contributed by atoms with Gasteiger partial charge in [0.2, 0.25) is 0 Å². The summed E-state index contributed by atoms with van der Waals surface area (Å²) in [6.07, 6.45) is 4.36. The van der Waals surface area contributed by atoms with Crippen molar-refractivity contribution in [1.82, 2.24) is 0 Å². The normalized spacial score (nSPS) is 11.0. The van der Waals surface area contributed by atoms with E-state index in [2.05, 4.69) is 92.4 Å². The minimum absolute atomic E-state index is 0.667. The Morgan fingerprint density at radius 3 is 1.85 bits per heavy atom. The minimum Gasteiger partial charge on any atom is -0.382 e. The van der Waals surface area contributed by atoms with Crippen molar-refractivity contribution < 1.29 is 9.47 Å². The lowest BCUT2D eigenvalue weighted by Gasteiger charge is -2.26. The Kier molecular flexibility index (Phi) is 9.99. The molecule has 3 nitrogen and oxygen atoms in total. The number of anilines is 3. The number of benzene rings is 3. The number of hydrogen-bond donors (Lipinski definition) is 0. The average Bonchev–Trinajstić information content (AvgIpc) is 2.84. The lowest BCUT2D eigenvalue weighted by Crippen LogP contribution is -2.10. The molecule has 0 bridgehead atoms. The van der Waals surface area contributed by atoms with Crippen LogP contribution in [0.3, 0.4) is 0 Å². The van der Waals surface area contributed by atoms with Crippen molar-refractivity contribution in [1.29, 1.82) is 0 Å². The van der Waals surface area contributed by atoms with Crippen molar-refractivity contribution in [2.75, 3.05) is 24.7 Å². The van der Waals surface area contributed by atoms with Gasteiger partial charge < -0.3 is 14.4 Å². The zero-order chi connectivity index (χ0) is 23.5. The van der Waals surface area contributed by atoms with Crippen LogP contribution in [0.15, 0.2) is 66.7 Å². The fourth-order valence-corrected chi connectivity index (χ4v) is 3.82. The van der Waals surface area contributed by atoms with E-state index >= 15 is 0 Å². The monoisotopic (exact) mass is 445 g/mol. The van der Waals surface area contributed by atoms with Gasteiger partial charge in [0, 0.05) is 36.9 Å². The van der Waals surface area contributed by atoms with Gasteiger partial charge >= 0.3 is 0 Å². The third-order valence-electron chi connectivity index (χ3n) is 6.01. The third kappa shape index (κ3) is 7.45. The molecule has 0 amide bonds. The molecule has 176 valence electrons. The molecule has 0 aliphatic rings. The van der Waals surface area contributed by atoms with Crippen LogP contribution in [-0.4, -0.2) is 19.8 Å². The van der Waals surface area contributed by atoms with Gasteiger partial charge in [-0.25, -0.2) is 0 Å². The summed E-state index contributed by atoms with van der Waals surface area (Å²) in [7, 11) is 0. The molecule has 0 N–H and O–H groups in total. The van der Waals surface area contributed by atoms with E-state index in [-0.39, 0.29) is 0 Å². The summed E-state index contributed by atoms with van der Waals surface area (Å²) in [4.78, 5) is 2.33. The van der Waals surface area contributed by atoms with Gasteiger partial charge in [0.15, 0.2) is 0 Å². The Labute approximate surface area is 200 Å². The van der Waals surface area contributed by atoms with E-state index in [4.69, 9.17) is 9.47 Å². The van der Waals surface area contributed by atoms with Crippen LogP contribution in [0.4, 0.5) is 17.1 Å². The van der Waals surface area contributed by atoms with E-state index in [9.17, 15) is 0 Å². The highest BCUT2D eigenvalue weighted by Gasteiger charge is 2.13. The van der Waals surface area contributed by atoms with Crippen molar-refractivity contribution >= 4 is 17.1 Å². The molecule has 0 aliphatic carbocycles. The molecule has 3 heteroatoms. The highest BCUT2D eigenvalue weighted by atomic mass is 16.5. The van der Waals surface area contributed by atoms with Gasteiger partial charge in [-0.2, -0.15) is 0 Å². The van der Waals surface area contributed by atoms with Crippen LogP contribution >= 0.6 is 0 Å². The van der Waals surface area contributed by atoms with Crippen LogP contribution in [0.1, 0.15) is 55.4 Å². The summed E-state index contributed by atoms with van der Waals surface area (Å²) in [5, 5.41) is 0. The summed E-state index contributed by atoms with van der Waals surface area (Å²) in [6, 6.07) is 24.4. The van der Waals surface area contributed by atoms with E-state index < -0.39 is 0 Å². The molecule has 0 radical (unpaired) electrons. The molecular formula is C30H39NO2. The Morgan fingerprint density at radius 2 is 1.24 bits per heavy atom. The first kappa shape index (κ1) is 25.0. The predicted molar refractivity (Wildman–Crippen MR) is 140 cm³/mol. The number of nitrogens with zero attached hydrogens (tertiary/aromatic N) is 1. The maximum absolute atomic E-state index is 5.80. The summed E-state index contributed by atoms with van der Waals surface area (Å²) in [5.41, 5.74) is 8.65. The Morgan fingerprint density at radius 1 is 0.636 bits per heavy atom. The van der Waals surface area contributed by atoms with Crippen LogP contribution in [0.2, 0.25) is 0 Å². The molecule has 0 spiro atoms. The number of aryl methyl sites for hydroxylation is 3. The minimum atomic E-state index is 0.667. The van der Waals surface area contributed by atoms with E-state index in [0.29, 0.717) is 6.61 Å². The van der Waals surface area contributed by atoms with Crippen LogP contribution in [-0.2, 0) is 22.5 Å². The average molecular weight is 446 g/mol. The lowest BCUT2D eigenvalue weighted by atomic mass is 10.1. The van der Waals surface area contributed by atoms with Gasteiger partial charge in [0.1, 0.15) is 0 Å². The molecule has 0 atom stereocenters. The summed E-state index contributed by atoms with van der Waals surface area (Å²) < 4.78 is 11.3. The molecule has 33 heavy (non-hydrogen) atoms. The number of unbranched alkanes of at least 4 members (excludes halogenated alkanes) is 1. The van der Waals surface area contributed by atoms with Crippen molar-refractivity contribution in [2.24, 2.45) is 0 Å². The molecule has 0 fully saturated rings. The van der Waals surface area contributed by atoms with Gasteiger partial charge in [0.05, 0.1) is 6.61 Å². The summed E-state index contributed by atoms with van der Waals surface area (Å²) in [5.74, 6) is 0. The first-order valence-corrected chi connectivity index (χ1v) is 12.3. The fourth-order valence-electron chi connectivity index (χ4n) is 3.82. The Bertz CT molecular complexity index is 908. The van der Waals surface area contributed by atoms with Crippen LogP contribution in [0, 0.1) is 13.8 Å². The second-order valence-electron chi connectivity index (χ2n) is 8.64. The van der Waals surface area contributed by atoms with Crippen LogP contribution in [0.5, 0.6) is 0 Å². The van der Waals surface area contributed by atoms with Crippen LogP contribution < -0.4 is 4.90 Å². The lowest BCUT2D eigenvalue weighted by molar-refractivity contribution is 0.118. The molecular weight excluding hydrogens is 406 g/mol. The van der Waals surface area contributed by atoms with Gasteiger partial charge in [0.25, 0.3) is 0 Å². The fraction of sp³-hybridized carbons (Fsp3) is 0.400. The molecule has 0 aromatic heterocycles. The van der Waals surface area contributed by atoms with Crippen molar-refractivity contribution in [3.63, 3.8) is 0 Å². The number of rotatable bonds is 13. The molecule has 0 saturated heterocycles. The highest BCUT2D eigenvalue weighted by molar-refractivity contribution is 5.77. The molecule has 3 aromatic rings. The predicted octanol–water partition coefficient (Wildman–Crippen LogP) is 8.06. The molecule has 0 saturated carbocycles. The van der Waals surface area contributed by atoms with Gasteiger partial charge in [-0.05, 0) is 98.7 Å². The molecule has 3 rings (SSSR count). The SMILES string of the molecule is CCCCOCc1ccc(N(c2ccc(CCCOCC)cc2)c2ccc(C)c(C)c2)cc1. The van der Waals surface area contributed by atoms with Crippen molar-refractivity contribution in [3.05, 3.63) is 89.0 Å². The Balaban J connectivity index is 1.82. The maximum atomic E-state index is 5.80. The zero-order valence-electron chi connectivity index (χ0n) is 20.8. The summed E-state index contributed by atoms with van der Waals surface area (Å²) in [6.45, 7) is 11.7. The zero-order valence-corrected chi connectivity index (χ0v) is 20.8. The first-order chi connectivity index (χ1) is 16.1. The second kappa shape index (κ2) is 13.2. The van der Waals surface area contributed by atoms with E-state index in [1.165, 1.54) is 33.6 Å². The van der Waals surface area contributed by atoms with Gasteiger partial charge in [-0.3, -0.25) is 0 Å². The van der Waals surface area contributed by atoms with E-state index in [0.717, 1.165) is 51.2 Å². The van der Waals surface area contributed by atoms with Gasteiger partial charge in [-0.1, -0.05) is 43.7 Å². The first-order valence-electron chi connectivity index (χ1n) is 12.3. The van der Waals surface area contributed by atoms with Crippen molar-refractivity contribution in [2.45, 2.75) is 60.0 Å². The standard InChI is InChI=1S/C30H39NO2/c1-5-7-20-33-23-27-13-18-29(19-14-27)31(30-15-10-24(3)25(4)22-30)28-16-11-26(12-17-28)9-8-21-32-6-2/h10-19,22H,5-9,20-21,23H2,1-4H3. The molecule has 0 heterocycles. The summed E-state index contributed by atoms with van der Waals surface area (Å²) >= 11 is 0. The van der Waals surface area contributed by atoms with Gasteiger partial charge in [-0.15, -0.1) is 0 Å². The topological polar surface area (TPSA) is 21.7 Å². The molecule has 3 aromatic carbocycles.